The molecule has 0 heterocycles. The summed E-state index contributed by atoms with van der Waals surface area (Å²) in [6.07, 6.45) is 0. The summed E-state index contributed by atoms with van der Waals surface area (Å²) >= 11 is 5.94. The van der Waals surface area contributed by atoms with Crippen molar-refractivity contribution >= 4 is 17.6 Å². The molecular formula is C10H12ClNO2. The van der Waals surface area contributed by atoms with E-state index < -0.39 is 12.0 Å². The van der Waals surface area contributed by atoms with Gasteiger partial charge >= 0.3 is 5.97 Å². The van der Waals surface area contributed by atoms with Crippen molar-refractivity contribution in [3.05, 3.63) is 34.3 Å². The molecule has 0 aliphatic heterocycles. The number of rotatable bonds is 2. The van der Waals surface area contributed by atoms with Crippen LogP contribution in [0.4, 0.5) is 0 Å². The van der Waals surface area contributed by atoms with Crippen LogP contribution in [0, 0.1) is 6.92 Å². The van der Waals surface area contributed by atoms with Crippen molar-refractivity contribution in [3.8, 4) is 0 Å². The van der Waals surface area contributed by atoms with Gasteiger partial charge in [-0.25, -0.2) is 0 Å². The largest absolute Gasteiger partial charge is 0.468 e. The second-order valence-corrected chi connectivity index (χ2v) is 3.38. The molecule has 4 heteroatoms. The Morgan fingerprint density at radius 3 is 2.71 bits per heavy atom. The fourth-order valence-corrected chi connectivity index (χ4v) is 1.62. The van der Waals surface area contributed by atoms with E-state index in [0.717, 1.165) is 5.56 Å². The maximum atomic E-state index is 11.2. The highest BCUT2D eigenvalue weighted by molar-refractivity contribution is 6.31. The maximum Gasteiger partial charge on any atom is 0.327 e. The lowest BCUT2D eigenvalue weighted by molar-refractivity contribution is -0.142. The number of carbonyl (C=O) groups excluding carboxylic acids is 1. The van der Waals surface area contributed by atoms with Crippen LogP contribution < -0.4 is 5.73 Å². The molecule has 2 N–H and O–H groups in total. The molecule has 0 unspecified atom stereocenters. The van der Waals surface area contributed by atoms with Crippen molar-refractivity contribution in [3.63, 3.8) is 0 Å². The Balaban J connectivity index is 3.11. The molecule has 0 aliphatic rings. The van der Waals surface area contributed by atoms with Crippen LogP contribution in [0.3, 0.4) is 0 Å². The summed E-state index contributed by atoms with van der Waals surface area (Å²) in [6, 6.07) is 4.55. The molecule has 3 nitrogen and oxygen atoms in total. The van der Waals surface area contributed by atoms with Crippen molar-refractivity contribution in [1.82, 2.24) is 0 Å². The van der Waals surface area contributed by atoms with Crippen molar-refractivity contribution in [2.75, 3.05) is 7.11 Å². The summed E-state index contributed by atoms with van der Waals surface area (Å²) in [5, 5.41) is 0.489. The fraction of sp³-hybridized carbons (Fsp3) is 0.300. The van der Waals surface area contributed by atoms with E-state index in [2.05, 4.69) is 4.74 Å². The van der Waals surface area contributed by atoms with Crippen LogP contribution in [-0.4, -0.2) is 13.1 Å². The number of halogens is 1. The lowest BCUT2D eigenvalue weighted by Crippen LogP contribution is -2.23. The first-order chi connectivity index (χ1) is 6.57. The monoisotopic (exact) mass is 213 g/mol. The minimum atomic E-state index is -0.811. The molecule has 0 saturated carbocycles. The highest BCUT2D eigenvalue weighted by Gasteiger charge is 2.20. The molecule has 0 bridgehead atoms. The van der Waals surface area contributed by atoms with E-state index in [0.29, 0.717) is 10.6 Å². The number of esters is 1. The van der Waals surface area contributed by atoms with Crippen LogP contribution in [0.15, 0.2) is 18.2 Å². The fourth-order valence-electron chi connectivity index (χ4n) is 1.28. The Morgan fingerprint density at radius 1 is 1.57 bits per heavy atom. The van der Waals surface area contributed by atoms with Gasteiger partial charge in [-0.2, -0.15) is 0 Å². The number of hydrogen-bond acceptors (Lipinski definition) is 3. The van der Waals surface area contributed by atoms with E-state index in [1.807, 2.05) is 19.1 Å². The van der Waals surface area contributed by atoms with Gasteiger partial charge in [-0.15, -0.1) is 0 Å². The summed E-state index contributed by atoms with van der Waals surface area (Å²) in [5.74, 6) is -0.485. The van der Waals surface area contributed by atoms with Crippen LogP contribution >= 0.6 is 11.6 Å². The summed E-state index contributed by atoms with van der Waals surface area (Å²) in [4.78, 5) is 11.2. The first-order valence-corrected chi connectivity index (χ1v) is 4.54. The Labute approximate surface area is 87.8 Å². The first kappa shape index (κ1) is 11.0. The zero-order valence-electron chi connectivity index (χ0n) is 8.08. The number of hydrogen-bond donors (Lipinski definition) is 1. The predicted molar refractivity (Wildman–Crippen MR) is 55.1 cm³/mol. The third-order valence-electron chi connectivity index (χ3n) is 2.04. The smallest absolute Gasteiger partial charge is 0.327 e. The van der Waals surface area contributed by atoms with Crippen LogP contribution in [0.2, 0.25) is 5.02 Å². The van der Waals surface area contributed by atoms with E-state index in [-0.39, 0.29) is 0 Å². The van der Waals surface area contributed by atoms with Gasteiger partial charge in [-0.1, -0.05) is 23.7 Å². The van der Waals surface area contributed by atoms with Crippen LogP contribution in [0.5, 0.6) is 0 Å². The molecular weight excluding hydrogens is 202 g/mol. The Morgan fingerprint density at radius 2 is 2.21 bits per heavy atom. The third-order valence-corrected chi connectivity index (χ3v) is 2.37. The summed E-state index contributed by atoms with van der Waals surface area (Å²) in [7, 11) is 1.30. The lowest BCUT2D eigenvalue weighted by Gasteiger charge is -2.13. The summed E-state index contributed by atoms with van der Waals surface area (Å²) < 4.78 is 4.55. The number of carbonyl (C=O) groups is 1. The molecule has 0 amide bonds. The number of nitrogens with two attached hydrogens (primary N) is 1. The summed E-state index contributed by atoms with van der Waals surface area (Å²) in [5.41, 5.74) is 7.20. The molecule has 1 rings (SSSR count). The third kappa shape index (κ3) is 2.05. The normalized spacial score (nSPS) is 12.3. The second-order valence-electron chi connectivity index (χ2n) is 2.97. The molecule has 0 aromatic heterocycles. The molecule has 76 valence electrons. The van der Waals surface area contributed by atoms with Crippen LogP contribution in [-0.2, 0) is 9.53 Å². The minimum Gasteiger partial charge on any atom is -0.468 e. The molecule has 1 aromatic rings. The van der Waals surface area contributed by atoms with Gasteiger partial charge in [-0.05, 0) is 18.6 Å². The minimum absolute atomic E-state index is 0.485. The van der Waals surface area contributed by atoms with Crippen molar-refractivity contribution < 1.29 is 9.53 Å². The highest BCUT2D eigenvalue weighted by Crippen LogP contribution is 2.25. The van der Waals surface area contributed by atoms with Gasteiger partial charge in [0.05, 0.1) is 7.11 Å². The van der Waals surface area contributed by atoms with Gasteiger partial charge in [0, 0.05) is 10.6 Å². The Hall–Kier alpha value is -1.06. The van der Waals surface area contributed by atoms with E-state index in [9.17, 15) is 4.79 Å². The first-order valence-electron chi connectivity index (χ1n) is 4.16. The zero-order chi connectivity index (χ0) is 10.7. The van der Waals surface area contributed by atoms with Crippen molar-refractivity contribution in [2.24, 2.45) is 5.73 Å². The molecule has 0 saturated heterocycles. The standard InChI is InChI=1S/C10H12ClNO2/c1-6-4-3-5-7(11)8(6)9(12)10(13)14-2/h3-5,9H,12H2,1-2H3/t9-/m1/s1. The number of aryl methyl sites for hydroxylation is 1. The van der Waals surface area contributed by atoms with Gasteiger partial charge in [-0.3, -0.25) is 4.79 Å². The molecule has 0 fully saturated rings. The average Bonchev–Trinajstić information content (AvgIpc) is 2.16. The Bertz CT molecular complexity index is 332. The number of benzene rings is 1. The Kier molecular flexibility index (Phi) is 3.49. The van der Waals surface area contributed by atoms with Crippen LogP contribution in [0.1, 0.15) is 17.2 Å². The second kappa shape index (κ2) is 4.44. The molecule has 0 radical (unpaired) electrons. The number of ether oxygens (including phenoxy) is 1. The molecule has 0 aliphatic carbocycles. The molecule has 1 aromatic carbocycles. The highest BCUT2D eigenvalue weighted by atomic mass is 35.5. The lowest BCUT2D eigenvalue weighted by atomic mass is 10.0. The van der Waals surface area contributed by atoms with Gasteiger partial charge < -0.3 is 10.5 Å². The van der Waals surface area contributed by atoms with Crippen molar-refractivity contribution in [2.45, 2.75) is 13.0 Å². The van der Waals surface area contributed by atoms with Gasteiger partial charge in [0.15, 0.2) is 0 Å². The summed E-state index contributed by atoms with van der Waals surface area (Å²) in [6.45, 7) is 1.85. The van der Waals surface area contributed by atoms with E-state index in [4.69, 9.17) is 17.3 Å². The SMILES string of the molecule is COC(=O)[C@H](N)c1c(C)cccc1Cl. The quantitative estimate of drug-likeness (QED) is 0.763. The van der Waals surface area contributed by atoms with Gasteiger partial charge in [0.25, 0.3) is 0 Å². The van der Waals surface area contributed by atoms with E-state index in [1.54, 1.807) is 6.07 Å². The van der Waals surface area contributed by atoms with E-state index >= 15 is 0 Å². The van der Waals surface area contributed by atoms with E-state index in [1.165, 1.54) is 7.11 Å². The molecule has 0 spiro atoms. The maximum absolute atomic E-state index is 11.2. The number of methoxy groups -OCH3 is 1. The molecule has 1 atom stereocenters. The topological polar surface area (TPSA) is 52.3 Å². The predicted octanol–water partition coefficient (Wildman–Crippen LogP) is 1.82. The van der Waals surface area contributed by atoms with Gasteiger partial charge in [0.1, 0.15) is 6.04 Å². The van der Waals surface area contributed by atoms with Crippen molar-refractivity contribution in [1.29, 1.82) is 0 Å². The molecule has 14 heavy (non-hydrogen) atoms. The van der Waals surface area contributed by atoms with Crippen LogP contribution in [0.25, 0.3) is 0 Å². The average molecular weight is 214 g/mol. The van der Waals surface area contributed by atoms with Gasteiger partial charge in [0.2, 0.25) is 0 Å². The zero-order valence-corrected chi connectivity index (χ0v) is 8.84.